The molecule has 4 nitrogen and oxygen atoms in total. The summed E-state index contributed by atoms with van der Waals surface area (Å²) >= 11 is 0. The van der Waals surface area contributed by atoms with Crippen LogP contribution in [0.2, 0.25) is 0 Å². The minimum absolute atomic E-state index is 0.0135. The van der Waals surface area contributed by atoms with Crippen LogP contribution in [0.25, 0.3) is 11.0 Å². The summed E-state index contributed by atoms with van der Waals surface area (Å²) in [6, 6.07) is 11.0. The Hall–Kier alpha value is -2.49. The van der Waals surface area contributed by atoms with Crippen molar-refractivity contribution < 1.29 is 9.21 Å². The fraction of sp³-hybridized carbons (Fsp3) is 0.0714. The van der Waals surface area contributed by atoms with Crippen molar-refractivity contribution in [1.82, 2.24) is 10.2 Å². The molecule has 0 saturated heterocycles. The molecule has 0 radical (unpaired) electrons. The average molecular weight is 238 g/mol. The lowest BCUT2D eigenvalue weighted by atomic mass is 10.1. The number of carbonyl (C=O) groups excluding carboxylic acids is 1. The van der Waals surface area contributed by atoms with E-state index in [4.69, 9.17) is 4.42 Å². The van der Waals surface area contributed by atoms with E-state index in [0.29, 0.717) is 11.3 Å². The van der Waals surface area contributed by atoms with Crippen LogP contribution in [-0.4, -0.2) is 16.0 Å². The van der Waals surface area contributed by atoms with Crippen LogP contribution in [0, 0.1) is 0 Å². The van der Waals surface area contributed by atoms with Crippen LogP contribution in [0.15, 0.2) is 53.3 Å². The molecule has 0 N–H and O–H groups in total. The zero-order valence-electron chi connectivity index (χ0n) is 9.54. The van der Waals surface area contributed by atoms with Gasteiger partial charge in [0.15, 0.2) is 5.78 Å². The first-order valence-corrected chi connectivity index (χ1v) is 5.60. The Bertz CT molecular complexity index is 689. The number of benzene rings is 1. The second-order valence-electron chi connectivity index (χ2n) is 3.96. The summed E-state index contributed by atoms with van der Waals surface area (Å²) in [4.78, 5) is 12.2. The van der Waals surface area contributed by atoms with Crippen LogP contribution in [0.1, 0.15) is 16.1 Å². The zero-order valence-corrected chi connectivity index (χ0v) is 9.54. The van der Waals surface area contributed by atoms with Crippen LogP contribution in [0.5, 0.6) is 0 Å². The molecule has 2 heterocycles. The number of fused-ring (bicyclic) bond motifs is 1. The standard InChI is InChI=1S/C14H10N2O2/c17-13(8-10-4-3-7-15-16-10)12-9-18-14-6-2-1-5-11(12)14/h1-7,9H,8H2. The van der Waals surface area contributed by atoms with Crippen molar-refractivity contribution in [2.45, 2.75) is 6.42 Å². The molecule has 0 atom stereocenters. The van der Waals surface area contributed by atoms with Gasteiger partial charge in [0, 0.05) is 11.6 Å². The summed E-state index contributed by atoms with van der Waals surface area (Å²) < 4.78 is 5.35. The molecule has 0 unspecified atom stereocenters. The average Bonchev–Trinajstić information content (AvgIpc) is 2.84. The monoisotopic (exact) mass is 238 g/mol. The molecule has 0 saturated carbocycles. The molecule has 4 heteroatoms. The lowest BCUT2D eigenvalue weighted by molar-refractivity contribution is 0.0992. The summed E-state index contributed by atoms with van der Waals surface area (Å²) in [5.74, 6) is -0.0135. The highest BCUT2D eigenvalue weighted by Gasteiger charge is 2.14. The minimum Gasteiger partial charge on any atom is -0.464 e. The SMILES string of the molecule is O=C(Cc1cccnn1)c1coc2ccccc12. The predicted molar refractivity (Wildman–Crippen MR) is 66.3 cm³/mol. The minimum atomic E-state index is -0.0135. The smallest absolute Gasteiger partial charge is 0.172 e. The van der Waals surface area contributed by atoms with Crippen LogP contribution in [0.4, 0.5) is 0 Å². The van der Waals surface area contributed by atoms with E-state index in [1.54, 1.807) is 18.3 Å². The second-order valence-corrected chi connectivity index (χ2v) is 3.96. The maximum absolute atomic E-state index is 12.2. The van der Waals surface area contributed by atoms with Gasteiger partial charge in [-0.25, -0.2) is 0 Å². The second kappa shape index (κ2) is 4.41. The highest BCUT2D eigenvalue weighted by atomic mass is 16.3. The van der Waals surface area contributed by atoms with E-state index in [0.717, 1.165) is 11.0 Å². The number of nitrogens with zero attached hydrogens (tertiary/aromatic N) is 2. The molecule has 0 bridgehead atoms. The van der Waals surface area contributed by atoms with Gasteiger partial charge in [-0.2, -0.15) is 10.2 Å². The molecule has 0 amide bonds. The van der Waals surface area contributed by atoms with Gasteiger partial charge in [0.1, 0.15) is 11.8 Å². The third kappa shape index (κ3) is 1.88. The Morgan fingerprint density at radius 3 is 2.89 bits per heavy atom. The number of ketones is 1. The molecule has 0 aliphatic carbocycles. The van der Waals surface area contributed by atoms with Crippen molar-refractivity contribution in [3.63, 3.8) is 0 Å². The quantitative estimate of drug-likeness (QED) is 0.658. The Morgan fingerprint density at radius 2 is 2.06 bits per heavy atom. The number of carbonyl (C=O) groups is 1. The van der Waals surface area contributed by atoms with Gasteiger partial charge in [-0.3, -0.25) is 4.79 Å². The summed E-state index contributed by atoms with van der Waals surface area (Å²) in [6.45, 7) is 0. The number of Topliss-reactive ketones (excluding diaryl/α,β-unsaturated/α-hetero) is 1. The van der Waals surface area contributed by atoms with E-state index in [-0.39, 0.29) is 12.2 Å². The summed E-state index contributed by atoms with van der Waals surface area (Å²) in [5.41, 5.74) is 1.98. The van der Waals surface area contributed by atoms with Gasteiger partial charge in [0.25, 0.3) is 0 Å². The van der Waals surface area contributed by atoms with Gasteiger partial charge in [0.05, 0.1) is 17.7 Å². The van der Waals surface area contributed by atoms with Gasteiger partial charge in [0.2, 0.25) is 0 Å². The molecule has 0 aliphatic rings. The maximum atomic E-state index is 12.2. The molecule has 3 aromatic rings. The van der Waals surface area contributed by atoms with E-state index in [2.05, 4.69) is 10.2 Å². The number of para-hydroxylation sites is 1. The van der Waals surface area contributed by atoms with Crippen LogP contribution in [0.3, 0.4) is 0 Å². The molecule has 88 valence electrons. The van der Waals surface area contributed by atoms with Gasteiger partial charge in [-0.1, -0.05) is 18.2 Å². The Labute approximate surface area is 103 Å². The highest BCUT2D eigenvalue weighted by molar-refractivity contribution is 6.07. The van der Waals surface area contributed by atoms with E-state index in [9.17, 15) is 4.79 Å². The molecule has 2 aromatic heterocycles. The van der Waals surface area contributed by atoms with Crippen LogP contribution in [-0.2, 0) is 6.42 Å². The zero-order chi connectivity index (χ0) is 12.4. The Kier molecular flexibility index (Phi) is 2.61. The van der Waals surface area contributed by atoms with E-state index in [1.165, 1.54) is 6.26 Å². The first-order valence-electron chi connectivity index (χ1n) is 5.60. The molecule has 18 heavy (non-hydrogen) atoms. The third-order valence-electron chi connectivity index (χ3n) is 2.75. The summed E-state index contributed by atoms with van der Waals surface area (Å²) in [6.07, 6.45) is 3.32. The fourth-order valence-corrected chi connectivity index (χ4v) is 1.88. The van der Waals surface area contributed by atoms with Crippen molar-refractivity contribution in [2.24, 2.45) is 0 Å². The molecule has 3 rings (SSSR count). The van der Waals surface area contributed by atoms with Gasteiger partial charge >= 0.3 is 0 Å². The Balaban J connectivity index is 1.93. The van der Waals surface area contributed by atoms with E-state index >= 15 is 0 Å². The van der Waals surface area contributed by atoms with Crippen molar-refractivity contribution in [2.75, 3.05) is 0 Å². The maximum Gasteiger partial charge on any atom is 0.172 e. The molecular weight excluding hydrogens is 228 g/mol. The number of hydrogen-bond acceptors (Lipinski definition) is 4. The van der Waals surface area contributed by atoms with Crippen LogP contribution >= 0.6 is 0 Å². The predicted octanol–water partition coefficient (Wildman–Crippen LogP) is 2.65. The van der Waals surface area contributed by atoms with Crippen molar-refractivity contribution in [3.05, 3.63) is 60.1 Å². The lowest BCUT2D eigenvalue weighted by Gasteiger charge is -1.97. The fourth-order valence-electron chi connectivity index (χ4n) is 1.88. The largest absolute Gasteiger partial charge is 0.464 e. The molecule has 0 spiro atoms. The molecule has 0 aliphatic heterocycles. The summed E-state index contributed by atoms with van der Waals surface area (Å²) in [5, 5.41) is 8.50. The first-order chi connectivity index (χ1) is 8.84. The van der Waals surface area contributed by atoms with Gasteiger partial charge in [-0.15, -0.1) is 0 Å². The molecule has 0 fully saturated rings. The van der Waals surface area contributed by atoms with Gasteiger partial charge in [-0.05, 0) is 18.2 Å². The molecular formula is C14H10N2O2. The number of rotatable bonds is 3. The number of furan rings is 1. The van der Waals surface area contributed by atoms with Crippen molar-refractivity contribution >= 4 is 16.8 Å². The van der Waals surface area contributed by atoms with E-state index in [1.807, 2.05) is 24.3 Å². The topological polar surface area (TPSA) is 56.0 Å². The third-order valence-corrected chi connectivity index (χ3v) is 2.75. The van der Waals surface area contributed by atoms with E-state index < -0.39 is 0 Å². The highest BCUT2D eigenvalue weighted by Crippen LogP contribution is 2.21. The Morgan fingerprint density at radius 1 is 1.17 bits per heavy atom. The van der Waals surface area contributed by atoms with Crippen LogP contribution < -0.4 is 0 Å². The summed E-state index contributed by atoms with van der Waals surface area (Å²) in [7, 11) is 0. The van der Waals surface area contributed by atoms with Crippen molar-refractivity contribution in [1.29, 1.82) is 0 Å². The first kappa shape index (κ1) is 10.7. The molecule has 1 aromatic carbocycles. The number of hydrogen-bond donors (Lipinski definition) is 0. The lowest BCUT2D eigenvalue weighted by Crippen LogP contribution is -2.04. The number of aromatic nitrogens is 2. The normalized spacial score (nSPS) is 10.7. The van der Waals surface area contributed by atoms with Gasteiger partial charge < -0.3 is 4.42 Å². The van der Waals surface area contributed by atoms with Crippen molar-refractivity contribution in [3.8, 4) is 0 Å².